The largest absolute Gasteiger partial charge is 0.378 e. The topological polar surface area (TPSA) is 54.9 Å². The van der Waals surface area contributed by atoms with Crippen molar-refractivity contribution in [3.8, 4) is 0 Å². The van der Waals surface area contributed by atoms with E-state index in [4.69, 9.17) is 9.57 Å². The van der Waals surface area contributed by atoms with Gasteiger partial charge in [-0.25, -0.2) is 5.06 Å². The molecule has 3 saturated heterocycles. The van der Waals surface area contributed by atoms with Crippen LogP contribution in [0.3, 0.4) is 0 Å². The van der Waals surface area contributed by atoms with Crippen LogP contribution in [0.2, 0.25) is 0 Å². The van der Waals surface area contributed by atoms with Crippen molar-refractivity contribution in [2.45, 2.75) is 38.3 Å². The zero-order valence-corrected chi connectivity index (χ0v) is 14.7. The molecule has 3 aliphatic heterocycles. The minimum atomic E-state index is 0.0218. The molecule has 0 spiro atoms. The average Bonchev–Trinajstić information content (AvgIpc) is 2.68. The lowest BCUT2D eigenvalue weighted by atomic mass is 9.78. The van der Waals surface area contributed by atoms with E-state index in [0.717, 1.165) is 51.9 Å². The van der Waals surface area contributed by atoms with Crippen LogP contribution in [0.15, 0.2) is 24.5 Å². The van der Waals surface area contributed by atoms with Gasteiger partial charge in [0, 0.05) is 57.0 Å². The molecule has 0 aliphatic carbocycles. The number of pyridine rings is 1. The highest BCUT2D eigenvalue weighted by Gasteiger charge is 2.43. The Morgan fingerprint density at radius 1 is 1.24 bits per heavy atom. The van der Waals surface area contributed by atoms with E-state index in [1.165, 1.54) is 5.56 Å². The second kappa shape index (κ2) is 7.81. The molecule has 6 nitrogen and oxygen atoms in total. The quantitative estimate of drug-likeness (QED) is 0.837. The Morgan fingerprint density at radius 2 is 2.20 bits per heavy atom. The van der Waals surface area contributed by atoms with Gasteiger partial charge in [-0.15, -0.1) is 0 Å². The molecule has 4 rings (SSSR count). The van der Waals surface area contributed by atoms with Crippen LogP contribution in [0.1, 0.15) is 31.2 Å². The fourth-order valence-electron chi connectivity index (χ4n) is 4.34. The molecule has 0 unspecified atom stereocenters. The summed E-state index contributed by atoms with van der Waals surface area (Å²) in [4.78, 5) is 25.2. The van der Waals surface area contributed by atoms with Crippen molar-refractivity contribution in [3.05, 3.63) is 30.1 Å². The molecular weight excluding hydrogens is 318 g/mol. The number of aromatic nitrogens is 1. The van der Waals surface area contributed by atoms with Crippen molar-refractivity contribution in [1.29, 1.82) is 0 Å². The Bertz CT molecular complexity index is 577. The molecule has 0 aromatic carbocycles. The van der Waals surface area contributed by atoms with E-state index < -0.39 is 0 Å². The van der Waals surface area contributed by atoms with E-state index in [2.05, 4.69) is 16.0 Å². The summed E-state index contributed by atoms with van der Waals surface area (Å²) in [5.74, 6) is 0.451. The lowest BCUT2D eigenvalue weighted by Gasteiger charge is -2.45. The summed E-state index contributed by atoms with van der Waals surface area (Å²) < 4.78 is 6.00. The van der Waals surface area contributed by atoms with Crippen LogP contribution in [-0.4, -0.2) is 59.8 Å². The van der Waals surface area contributed by atoms with Gasteiger partial charge in [0.15, 0.2) is 0 Å². The third-order valence-corrected chi connectivity index (χ3v) is 5.65. The SMILES string of the molecule is O=C([C@@H]1CCO[C@@H]2CCN(Cc3cccnc3)C[C@H]21)N1CCCCO1. The van der Waals surface area contributed by atoms with E-state index in [1.807, 2.05) is 12.3 Å². The molecule has 6 heteroatoms. The monoisotopic (exact) mass is 345 g/mol. The van der Waals surface area contributed by atoms with Crippen LogP contribution in [0.5, 0.6) is 0 Å². The van der Waals surface area contributed by atoms with Gasteiger partial charge in [-0.2, -0.15) is 0 Å². The van der Waals surface area contributed by atoms with Crippen molar-refractivity contribution in [2.75, 3.05) is 32.8 Å². The van der Waals surface area contributed by atoms with Gasteiger partial charge in [-0.05, 0) is 37.3 Å². The average molecular weight is 345 g/mol. The van der Waals surface area contributed by atoms with E-state index in [0.29, 0.717) is 13.2 Å². The summed E-state index contributed by atoms with van der Waals surface area (Å²) in [7, 11) is 0. The van der Waals surface area contributed by atoms with E-state index >= 15 is 0 Å². The Balaban J connectivity index is 1.43. The number of nitrogens with zero attached hydrogens (tertiary/aromatic N) is 3. The normalized spacial score (nSPS) is 30.7. The maximum atomic E-state index is 13.0. The maximum absolute atomic E-state index is 13.0. The molecule has 136 valence electrons. The first-order chi connectivity index (χ1) is 12.3. The highest BCUT2D eigenvalue weighted by Crippen LogP contribution is 2.35. The van der Waals surface area contributed by atoms with Gasteiger partial charge in [0.05, 0.1) is 12.7 Å². The summed E-state index contributed by atoms with van der Waals surface area (Å²) in [6.45, 7) is 4.89. The first kappa shape index (κ1) is 16.9. The number of hydrogen-bond acceptors (Lipinski definition) is 5. The second-order valence-electron chi connectivity index (χ2n) is 7.33. The van der Waals surface area contributed by atoms with Crippen molar-refractivity contribution < 1.29 is 14.4 Å². The maximum Gasteiger partial charge on any atom is 0.249 e. The number of carbonyl (C=O) groups excluding carboxylic acids is 1. The Kier molecular flexibility index (Phi) is 5.29. The number of rotatable bonds is 3. The number of ether oxygens (including phenoxy) is 1. The Morgan fingerprint density at radius 3 is 3.00 bits per heavy atom. The summed E-state index contributed by atoms with van der Waals surface area (Å²) in [6, 6.07) is 4.09. The van der Waals surface area contributed by atoms with Crippen LogP contribution in [0, 0.1) is 11.8 Å². The van der Waals surface area contributed by atoms with Crippen LogP contribution in [0.4, 0.5) is 0 Å². The predicted molar refractivity (Wildman–Crippen MR) is 92.4 cm³/mol. The molecule has 0 saturated carbocycles. The number of hydroxylamine groups is 2. The van der Waals surface area contributed by atoms with Crippen LogP contribution < -0.4 is 0 Å². The van der Waals surface area contributed by atoms with Gasteiger partial charge in [0.2, 0.25) is 5.91 Å². The lowest BCUT2D eigenvalue weighted by Crippen LogP contribution is -2.54. The molecule has 3 fully saturated rings. The molecule has 0 bridgehead atoms. The summed E-state index contributed by atoms with van der Waals surface area (Å²) >= 11 is 0. The minimum Gasteiger partial charge on any atom is -0.378 e. The molecule has 25 heavy (non-hydrogen) atoms. The van der Waals surface area contributed by atoms with Crippen molar-refractivity contribution in [2.24, 2.45) is 11.8 Å². The summed E-state index contributed by atoms with van der Waals surface area (Å²) in [5, 5.41) is 1.62. The minimum absolute atomic E-state index is 0.0218. The molecule has 1 amide bonds. The molecule has 3 atom stereocenters. The van der Waals surface area contributed by atoms with Crippen LogP contribution >= 0.6 is 0 Å². The van der Waals surface area contributed by atoms with Gasteiger partial charge >= 0.3 is 0 Å². The number of fused-ring (bicyclic) bond motifs is 1. The van der Waals surface area contributed by atoms with Crippen LogP contribution in [0.25, 0.3) is 0 Å². The number of likely N-dealkylation sites (tertiary alicyclic amines) is 1. The van der Waals surface area contributed by atoms with Crippen molar-refractivity contribution in [3.63, 3.8) is 0 Å². The molecule has 1 aromatic rings. The standard InChI is InChI=1S/C19H27N3O3/c23-19(22-8-1-2-10-25-22)16-6-11-24-18-5-9-21(14-17(16)18)13-15-4-3-7-20-12-15/h3-4,7,12,16-18H,1-2,5-6,8-11,13-14H2/t16-,17+,18-/m1/s1. The Hall–Kier alpha value is -1.50. The zero-order chi connectivity index (χ0) is 17.1. The summed E-state index contributed by atoms with van der Waals surface area (Å²) in [5.41, 5.74) is 1.22. The second-order valence-corrected chi connectivity index (χ2v) is 7.33. The van der Waals surface area contributed by atoms with E-state index in [-0.39, 0.29) is 23.8 Å². The fraction of sp³-hybridized carbons (Fsp3) is 0.684. The molecule has 3 aliphatic rings. The van der Waals surface area contributed by atoms with Crippen molar-refractivity contribution >= 4 is 5.91 Å². The van der Waals surface area contributed by atoms with Crippen LogP contribution in [-0.2, 0) is 20.9 Å². The highest BCUT2D eigenvalue weighted by molar-refractivity contribution is 5.78. The van der Waals surface area contributed by atoms with Gasteiger partial charge in [-0.3, -0.25) is 19.5 Å². The number of piperidine rings is 1. The molecular formula is C19H27N3O3. The van der Waals surface area contributed by atoms with Gasteiger partial charge in [0.25, 0.3) is 0 Å². The third kappa shape index (κ3) is 3.86. The van der Waals surface area contributed by atoms with Gasteiger partial charge < -0.3 is 4.74 Å². The molecule has 4 heterocycles. The third-order valence-electron chi connectivity index (χ3n) is 5.65. The lowest BCUT2D eigenvalue weighted by molar-refractivity contribution is -0.209. The number of amides is 1. The first-order valence-electron chi connectivity index (χ1n) is 9.48. The van der Waals surface area contributed by atoms with Gasteiger partial charge in [-0.1, -0.05) is 6.07 Å². The summed E-state index contributed by atoms with van der Waals surface area (Å²) in [6.07, 6.45) is 7.82. The van der Waals surface area contributed by atoms with Gasteiger partial charge in [0.1, 0.15) is 0 Å². The molecule has 0 radical (unpaired) electrons. The van der Waals surface area contributed by atoms with Crippen molar-refractivity contribution in [1.82, 2.24) is 14.9 Å². The predicted octanol–water partition coefficient (Wildman–Crippen LogP) is 1.86. The number of carbonyl (C=O) groups is 1. The molecule has 1 aromatic heterocycles. The highest BCUT2D eigenvalue weighted by atomic mass is 16.7. The molecule has 0 N–H and O–H groups in total. The first-order valence-corrected chi connectivity index (χ1v) is 9.48. The Labute approximate surface area is 149 Å². The smallest absolute Gasteiger partial charge is 0.249 e. The van der Waals surface area contributed by atoms with E-state index in [1.54, 1.807) is 11.3 Å². The number of hydrogen-bond donors (Lipinski definition) is 0. The van der Waals surface area contributed by atoms with E-state index in [9.17, 15) is 4.79 Å². The zero-order valence-electron chi connectivity index (χ0n) is 14.7. The fourth-order valence-corrected chi connectivity index (χ4v) is 4.34.